The van der Waals surface area contributed by atoms with Crippen molar-refractivity contribution in [2.45, 2.75) is 57.0 Å². The van der Waals surface area contributed by atoms with Crippen molar-refractivity contribution < 1.29 is 4.79 Å². The molecule has 17 heavy (non-hydrogen) atoms. The maximum Gasteiger partial charge on any atom is 0.220 e. The average molecular weight is 239 g/mol. The van der Waals surface area contributed by atoms with E-state index in [9.17, 15) is 4.79 Å². The van der Waals surface area contributed by atoms with Gasteiger partial charge in [0.15, 0.2) is 0 Å². The van der Waals surface area contributed by atoms with Crippen molar-refractivity contribution >= 4 is 5.91 Å². The molecule has 0 bridgehead atoms. The summed E-state index contributed by atoms with van der Waals surface area (Å²) in [6, 6.07) is 1.18. The van der Waals surface area contributed by atoms with Gasteiger partial charge >= 0.3 is 0 Å². The lowest BCUT2D eigenvalue weighted by Gasteiger charge is -2.31. The fourth-order valence-corrected chi connectivity index (χ4v) is 3.39. The highest BCUT2D eigenvalue weighted by atomic mass is 16.1. The topological polar surface area (TPSA) is 81.1 Å². The molecule has 1 amide bonds. The van der Waals surface area contributed by atoms with Gasteiger partial charge in [0.05, 0.1) is 0 Å². The molecular formula is C13H25N3O. The molecule has 2 aliphatic rings. The van der Waals surface area contributed by atoms with Crippen molar-refractivity contribution in [1.82, 2.24) is 5.32 Å². The summed E-state index contributed by atoms with van der Waals surface area (Å²) >= 11 is 0. The van der Waals surface area contributed by atoms with E-state index in [-0.39, 0.29) is 11.8 Å². The van der Waals surface area contributed by atoms with Crippen molar-refractivity contribution in [2.24, 2.45) is 23.3 Å². The Morgan fingerprint density at radius 2 is 1.82 bits per heavy atom. The predicted molar refractivity (Wildman–Crippen MR) is 68.3 cm³/mol. The van der Waals surface area contributed by atoms with E-state index >= 15 is 0 Å². The first kappa shape index (κ1) is 12.8. The highest BCUT2D eigenvalue weighted by Gasteiger charge is 2.30. The van der Waals surface area contributed by atoms with E-state index in [1.165, 1.54) is 19.3 Å². The quantitative estimate of drug-likeness (QED) is 0.677. The monoisotopic (exact) mass is 239 g/mol. The number of carbonyl (C=O) groups is 1. The van der Waals surface area contributed by atoms with E-state index < -0.39 is 0 Å². The summed E-state index contributed by atoms with van der Waals surface area (Å²) in [5.74, 6) is 0.648. The van der Waals surface area contributed by atoms with E-state index in [1.807, 2.05) is 0 Å². The molecule has 4 heteroatoms. The molecule has 0 saturated heterocycles. The van der Waals surface area contributed by atoms with Crippen molar-refractivity contribution in [3.8, 4) is 0 Å². The molecule has 5 N–H and O–H groups in total. The molecule has 0 aromatic rings. The summed E-state index contributed by atoms with van der Waals surface area (Å²) < 4.78 is 0. The summed E-state index contributed by atoms with van der Waals surface area (Å²) in [6.07, 6.45) is 7.90. The molecule has 0 spiro atoms. The third kappa shape index (κ3) is 3.19. The van der Waals surface area contributed by atoms with Crippen LogP contribution in [-0.2, 0) is 4.79 Å². The van der Waals surface area contributed by atoms with Gasteiger partial charge in [0.2, 0.25) is 5.91 Å². The van der Waals surface area contributed by atoms with Gasteiger partial charge in [-0.15, -0.1) is 0 Å². The molecule has 0 aliphatic heterocycles. The molecule has 0 aromatic heterocycles. The molecule has 0 aromatic carbocycles. The number of rotatable bonds is 4. The highest BCUT2D eigenvalue weighted by molar-refractivity contribution is 5.76. The Morgan fingerprint density at radius 1 is 1.12 bits per heavy atom. The van der Waals surface area contributed by atoms with Crippen molar-refractivity contribution in [3.05, 3.63) is 0 Å². The van der Waals surface area contributed by atoms with Crippen LogP contribution in [0.15, 0.2) is 0 Å². The first-order valence-corrected chi connectivity index (χ1v) is 6.96. The molecule has 4 nitrogen and oxygen atoms in total. The van der Waals surface area contributed by atoms with Gasteiger partial charge in [0.25, 0.3) is 0 Å². The maximum atomic E-state index is 11.1. The van der Waals surface area contributed by atoms with Gasteiger partial charge in [-0.1, -0.05) is 6.42 Å². The molecule has 98 valence electrons. The van der Waals surface area contributed by atoms with Gasteiger partial charge in [0.1, 0.15) is 0 Å². The molecule has 2 unspecified atom stereocenters. The Bertz CT molecular complexity index is 261. The van der Waals surface area contributed by atoms with Crippen LogP contribution in [0.25, 0.3) is 0 Å². The highest BCUT2D eigenvalue weighted by Crippen LogP contribution is 2.29. The van der Waals surface area contributed by atoms with Gasteiger partial charge < -0.3 is 16.8 Å². The largest absolute Gasteiger partial charge is 0.369 e. The molecular weight excluding hydrogens is 214 g/mol. The number of primary amides is 1. The first-order chi connectivity index (χ1) is 8.20. The molecule has 2 atom stereocenters. The second-order valence-electron chi connectivity index (χ2n) is 5.65. The van der Waals surface area contributed by atoms with Crippen molar-refractivity contribution in [1.29, 1.82) is 0 Å². The van der Waals surface area contributed by atoms with Crippen molar-refractivity contribution in [2.75, 3.05) is 6.54 Å². The molecule has 0 radical (unpaired) electrons. The number of carbonyl (C=O) groups excluding carboxylic acids is 1. The molecule has 2 aliphatic carbocycles. The minimum absolute atomic E-state index is 0.113. The van der Waals surface area contributed by atoms with Gasteiger partial charge in [-0.25, -0.2) is 0 Å². The lowest BCUT2D eigenvalue weighted by molar-refractivity contribution is -0.122. The first-order valence-electron chi connectivity index (χ1n) is 6.96. The Labute approximate surface area is 103 Å². The van der Waals surface area contributed by atoms with E-state index in [0.717, 1.165) is 32.2 Å². The molecule has 2 fully saturated rings. The third-order valence-electron chi connectivity index (χ3n) is 4.54. The second kappa shape index (κ2) is 5.83. The fourth-order valence-electron chi connectivity index (χ4n) is 3.39. The molecule has 2 saturated carbocycles. The average Bonchev–Trinajstić information content (AvgIpc) is 2.77. The zero-order chi connectivity index (χ0) is 12.3. The normalized spacial score (nSPS) is 38.2. The van der Waals surface area contributed by atoms with Crippen LogP contribution in [0.4, 0.5) is 0 Å². The third-order valence-corrected chi connectivity index (χ3v) is 4.54. The molecule has 0 heterocycles. The zero-order valence-corrected chi connectivity index (χ0v) is 10.5. The maximum absolute atomic E-state index is 11.1. The summed E-state index contributed by atoms with van der Waals surface area (Å²) in [7, 11) is 0. The van der Waals surface area contributed by atoms with E-state index in [0.29, 0.717) is 18.0 Å². The Hall–Kier alpha value is -0.610. The Balaban J connectivity index is 1.76. The second-order valence-corrected chi connectivity index (χ2v) is 5.65. The minimum atomic E-state index is -0.121. The van der Waals surface area contributed by atoms with Crippen LogP contribution in [0.5, 0.6) is 0 Å². The van der Waals surface area contributed by atoms with Gasteiger partial charge in [-0.05, 0) is 51.0 Å². The van der Waals surface area contributed by atoms with Gasteiger partial charge in [0, 0.05) is 18.0 Å². The van der Waals surface area contributed by atoms with Crippen LogP contribution in [0.2, 0.25) is 0 Å². The summed E-state index contributed by atoms with van der Waals surface area (Å²) in [6.45, 7) is 0.800. The standard InChI is InChI=1S/C13H25N3O/c14-8-10-2-1-3-12(10)16-11-6-4-9(5-7-11)13(15)17/h9-12,16H,1-8,14H2,(H2,15,17). The van der Waals surface area contributed by atoms with Crippen LogP contribution < -0.4 is 16.8 Å². The van der Waals surface area contributed by atoms with E-state index in [1.54, 1.807) is 0 Å². The summed E-state index contributed by atoms with van der Waals surface area (Å²) in [5, 5.41) is 3.75. The molecule has 2 rings (SSSR count). The van der Waals surface area contributed by atoms with Crippen LogP contribution in [-0.4, -0.2) is 24.5 Å². The smallest absolute Gasteiger partial charge is 0.220 e. The van der Waals surface area contributed by atoms with Gasteiger partial charge in [-0.2, -0.15) is 0 Å². The van der Waals surface area contributed by atoms with Gasteiger partial charge in [-0.3, -0.25) is 4.79 Å². The lowest BCUT2D eigenvalue weighted by Crippen LogP contribution is -2.44. The Kier molecular flexibility index (Phi) is 4.40. The van der Waals surface area contributed by atoms with E-state index in [4.69, 9.17) is 11.5 Å². The van der Waals surface area contributed by atoms with E-state index in [2.05, 4.69) is 5.32 Å². The number of nitrogens with one attached hydrogen (secondary N) is 1. The fraction of sp³-hybridized carbons (Fsp3) is 0.923. The predicted octanol–water partition coefficient (Wildman–Crippen LogP) is 0.748. The minimum Gasteiger partial charge on any atom is -0.369 e. The number of hydrogen-bond acceptors (Lipinski definition) is 3. The van der Waals surface area contributed by atoms with Crippen LogP contribution in [0.1, 0.15) is 44.9 Å². The SMILES string of the molecule is NCC1CCCC1NC1CCC(C(N)=O)CC1. The van der Waals surface area contributed by atoms with Crippen LogP contribution in [0, 0.1) is 11.8 Å². The van der Waals surface area contributed by atoms with Crippen molar-refractivity contribution in [3.63, 3.8) is 0 Å². The van der Waals surface area contributed by atoms with Crippen LogP contribution >= 0.6 is 0 Å². The lowest BCUT2D eigenvalue weighted by atomic mass is 9.85. The number of nitrogens with two attached hydrogens (primary N) is 2. The zero-order valence-electron chi connectivity index (χ0n) is 10.5. The Morgan fingerprint density at radius 3 is 2.41 bits per heavy atom. The van der Waals surface area contributed by atoms with Crippen LogP contribution in [0.3, 0.4) is 0 Å². The summed E-state index contributed by atoms with van der Waals surface area (Å²) in [5.41, 5.74) is 11.1. The summed E-state index contributed by atoms with van der Waals surface area (Å²) in [4.78, 5) is 11.1. The number of hydrogen-bond donors (Lipinski definition) is 3. The number of amides is 1.